The van der Waals surface area contributed by atoms with Crippen LogP contribution >= 0.6 is 0 Å². The lowest BCUT2D eigenvalue weighted by atomic mass is 9.90. The lowest BCUT2D eigenvalue weighted by molar-refractivity contribution is 0.463. The molecular weight excluding hydrogens is 220 g/mol. The molecule has 1 aromatic carbocycles. The Morgan fingerprint density at radius 1 is 1.39 bits per heavy atom. The van der Waals surface area contributed by atoms with Crippen molar-refractivity contribution >= 4 is 10.9 Å². The van der Waals surface area contributed by atoms with Crippen molar-refractivity contribution < 1.29 is 0 Å². The van der Waals surface area contributed by atoms with Crippen molar-refractivity contribution in [2.45, 2.75) is 32.1 Å². The molecule has 0 bridgehead atoms. The van der Waals surface area contributed by atoms with Gasteiger partial charge in [-0.1, -0.05) is 25.1 Å². The first-order valence-corrected chi connectivity index (χ1v) is 6.96. The normalized spacial score (nSPS) is 20.2. The van der Waals surface area contributed by atoms with E-state index in [1.54, 1.807) is 0 Å². The van der Waals surface area contributed by atoms with Gasteiger partial charge in [-0.05, 0) is 48.9 Å². The van der Waals surface area contributed by atoms with Gasteiger partial charge in [0.05, 0.1) is 5.52 Å². The van der Waals surface area contributed by atoms with E-state index in [4.69, 9.17) is 4.98 Å². The van der Waals surface area contributed by atoms with Gasteiger partial charge >= 0.3 is 0 Å². The maximum atomic E-state index is 4.70. The van der Waals surface area contributed by atoms with Crippen molar-refractivity contribution in [3.63, 3.8) is 0 Å². The van der Waals surface area contributed by atoms with E-state index in [9.17, 15) is 0 Å². The van der Waals surface area contributed by atoms with Gasteiger partial charge in [0.25, 0.3) is 0 Å². The van der Waals surface area contributed by atoms with Crippen molar-refractivity contribution in [3.8, 4) is 0 Å². The molecule has 2 heteroatoms. The summed E-state index contributed by atoms with van der Waals surface area (Å²) < 4.78 is 0. The lowest BCUT2D eigenvalue weighted by Crippen LogP contribution is -2.28. The summed E-state index contributed by atoms with van der Waals surface area (Å²) >= 11 is 0. The third-order valence-electron chi connectivity index (χ3n) is 3.94. The predicted octanol–water partition coefficient (Wildman–Crippen LogP) is 3.26. The number of rotatable bonds is 2. The van der Waals surface area contributed by atoms with E-state index in [-0.39, 0.29) is 0 Å². The van der Waals surface area contributed by atoms with Crippen molar-refractivity contribution in [1.29, 1.82) is 0 Å². The summed E-state index contributed by atoms with van der Waals surface area (Å²) in [5.74, 6) is 0.627. The van der Waals surface area contributed by atoms with Crippen LogP contribution in [-0.4, -0.2) is 18.1 Å². The largest absolute Gasteiger partial charge is 0.316 e. The maximum absolute atomic E-state index is 4.70. The summed E-state index contributed by atoms with van der Waals surface area (Å²) in [5.41, 5.74) is 3.94. The Morgan fingerprint density at radius 3 is 3.11 bits per heavy atom. The Kier molecular flexibility index (Phi) is 3.28. The minimum atomic E-state index is 0.627. The van der Waals surface area contributed by atoms with E-state index in [1.807, 2.05) is 6.20 Å². The number of piperidine rings is 1. The number of para-hydroxylation sites is 1. The topological polar surface area (TPSA) is 24.9 Å². The second-order valence-electron chi connectivity index (χ2n) is 5.16. The molecule has 0 saturated carbocycles. The Bertz CT molecular complexity index is 542. The Hall–Kier alpha value is -1.41. The predicted molar refractivity (Wildman–Crippen MR) is 76.0 cm³/mol. The first-order chi connectivity index (χ1) is 8.88. The second-order valence-corrected chi connectivity index (χ2v) is 5.16. The van der Waals surface area contributed by atoms with Gasteiger partial charge in [-0.2, -0.15) is 0 Å². The zero-order chi connectivity index (χ0) is 12.4. The van der Waals surface area contributed by atoms with Gasteiger partial charge in [0, 0.05) is 18.1 Å². The van der Waals surface area contributed by atoms with E-state index in [1.165, 1.54) is 34.9 Å². The van der Waals surface area contributed by atoms with Crippen LogP contribution in [0.1, 0.15) is 36.8 Å². The highest BCUT2D eigenvalue weighted by Crippen LogP contribution is 2.29. The quantitative estimate of drug-likeness (QED) is 0.871. The number of nitrogens with zero attached hydrogens (tertiary/aromatic N) is 1. The molecule has 3 rings (SSSR count). The number of benzene rings is 1. The summed E-state index contributed by atoms with van der Waals surface area (Å²) in [6, 6.07) is 8.88. The van der Waals surface area contributed by atoms with E-state index in [0.29, 0.717) is 5.92 Å². The molecule has 0 aliphatic carbocycles. The second kappa shape index (κ2) is 5.07. The van der Waals surface area contributed by atoms with Crippen LogP contribution in [0.4, 0.5) is 0 Å². The van der Waals surface area contributed by atoms with Crippen LogP contribution in [-0.2, 0) is 6.42 Å². The van der Waals surface area contributed by atoms with Crippen LogP contribution in [0.2, 0.25) is 0 Å². The smallest absolute Gasteiger partial charge is 0.0737 e. The fourth-order valence-corrected chi connectivity index (χ4v) is 2.87. The van der Waals surface area contributed by atoms with Crippen molar-refractivity contribution in [2.75, 3.05) is 13.1 Å². The van der Waals surface area contributed by atoms with Crippen molar-refractivity contribution in [3.05, 3.63) is 41.6 Å². The molecule has 2 heterocycles. The molecule has 1 aliphatic rings. The molecule has 1 N–H and O–H groups in total. The van der Waals surface area contributed by atoms with Crippen molar-refractivity contribution in [1.82, 2.24) is 10.3 Å². The van der Waals surface area contributed by atoms with E-state index >= 15 is 0 Å². The molecular formula is C16H20N2. The standard InChI is InChI=1S/C16H20N2/c1-2-12-9-13-5-3-7-15(16(13)18-10-12)14-6-4-8-17-11-14/h3,5,7,9-10,14,17H,2,4,6,8,11H2,1H3/t14-/m1/s1. The number of hydrogen-bond acceptors (Lipinski definition) is 2. The SMILES string of the molecule is CCc1cnc2c([C@@H]3CCCNC3)cccc2c1. The van der Waals surface area contributed by atoms with Gasteiger partial charge in [-0.15, -0.1) is 0 Å². The van der Waals surface area contributed by atoms with Crippen LogP contribution < -0.4 is 5.32 Å². The molecule has 2 nitrogen and oxygen atoms in total. The molecule has 2 aromatic rings. The summed E-state index contributed by atoms with van der Waals surface area (Å²) in [5, 5.41) is 4.78. The summed E-state index contributed by atoms with van der Waals surface area (Å²) in [4.78, 5) is 4.70. The molecule has 1 saturated heterocycles. The fourth-order valence-electron chi connectivity index (χ4n) is 2.87. The number of pyridine rings is 1. The number of nitrogens with one attached hydrogen (secondary N) is 1. The van der Waals surface area contributed by atoms with Gasteiger partial charge in [0.2, 0.25) is 0 Å². The van der Waals surface area contributed by atoms with Gasteiger partial charge in [0.15, 0.2) is 0 Å². The monoisotopic (exact) mass is 240 g/mol. The average Bonchev–Trinajstić information content (AvgIpc) is 2.47. The average molecular weight is 240 g/mol. The van der Waals surface area contributed by atoms with E-state index in [0.717, 1.165) is 19.5 Å². The number of aryl methyl sites for hydroxylation is 1. The van der Waals surface area contributed by atoms with Crippen LogP contribution in [0.3, 0.4) is 0 Å². The zero-order valence-corrected chi connectivity index (χ0v) is 10.9. The third kappa shape index (κ3) is 2.13. The van der Waals surface area contributed by atoms with Crippen LogP contribution in [0, 0.1) is 0 Å². The van der Waals surface area contributed by atoms with Gasteiger partial charge in [-0.3, -0.25) is 4.98 Å². The van der Waals surface area contributed by atoms with Crippen molar-refractivity contribution in [2.24, 2.45) is 0 Å². The molecule has 0 radical (unpaired) electrons. The molecule has 1 aliphatic heterocycles. The molecule has 1 aromatic heterocycles. The molecule has 0 unspecified atom stereocenters. The summed E-state index contributed by atoms with van der Waals surface area (Å²) in [6.07, 6.45) is 5.64. The third-order valence-corrected chi connectivity index (χ3v) is 3.94. The molecule has 1 atom stereocenters. The minimum Gasteiger partial charge on any atom is -0.316 e. The lowest BCUT2D eigenvalue weighted by Gasteiger charge is -2.24. The Labute approximate surface area is 108 Å². The van der Waals surface area contributed by atoms with Gasteiger partial charge in [-0.25, -0.2) is 0 Å². The number of aromatic nitrogens is 1. The minimum absolute atomic E-state index is 0.627. The zero-order valence-electron chi connectivity index (χ0n) is 10.9. The highest BCUT2D eigenvalue weighted by molar-refractivity contribution is 5.82. The van der Waals surface area contributed by atoms with Crippen LogP contribution in [0.15, 0.2) is 30.5 Å². The van der Waals surface area contributed by atoms with Gasteiger partial charge < -0.3 is 5.32 Å². The highest BCUT2D eigenvalue weighted by Gasteiger charge is 2.17. The maximum Gasteiger partial charge on any atom is 0.0737 e. The molecule has 94 valence electrons. The highest BCUT2D eigenvalue weighted by atomic mass is 14.9. The molecule has 0 amide bonds. The number of hydrogen-bond donors (Lipinski definition) is 1. The molecule has 0 spiro atoms. The first-order valence-electron chi connectivity index (χ1n) is 6.96. The molecule has 18 heavy (non-hydrogen) atoms. The summed E-state index contributed by atoms with van der Waals surface area (Å²) in [6.45, 7) is 4.43. The summed E-state index contributed by atoms with van der Waals surface area (Å²) in [7, 11) is 0. The molecule has 1 fully saturated rings. The fraction of sp³-hybridized carbons (Fsp3) is 0.438. The van der Waals surface area contributed by atoms with Crippen LogP contribution in [0.5, 0.6) is 0 Å². The van der Waals surface area contributed by atoms with E-state index < -0.39 is 0 Å². The van der Waals surface area contributed by atoms with Crippen LogP contribution in [0.25, 0.3) is 10.9 Å². The van der Waals surface area contributed by atoms with Gasteiger partial charge in [0.1, 0.15) is 0 Å². The Morgan fingerprint density at radius 2 is 2.33 bits per heavy atom. The first kappa shape index (κ1) is 11.7. The Balaban J connectivity index is 2.05. The van der Waals surface area contributed by atoms with E-state index in [2.05, 4.69) is 36.5 Å². The number of fused-ring (bicyclic) bond motifs is 1.